The van der Waals surface area contributed by atoms with E-state index in [1.807, 2.05) is 12.3 Å². The number of aliphatic hydroxyl groups excluding tert-OH is 1. The van der Waals surface area contributed by atoms with Crippen molar-refractivity contribution in [1.82, 2.24) is 14.8 Å². The Hall–Kier alpha value is -1.49. The van der Waals surface area contributed by atoms with Gasteiger partial charge < -0.3 is 5.11 Å². The van der Waals surface area contributed by atoms with E-state index in [0.29, 0.717) is 12.6 Å². The summed E-state index contributed by atoms with van der Waals surface area (Å²) in [6.07, 6.45) is 8.20. The number of fused-ring (bicyclic) bond motifs is 1. The van der Waals surface area contributed by atoms with E-state index in [4.69, 9.17) is 0 Å². The fourth-order valence-electron chi connectivity index (χ4n) is 4.68. The van der Waals surface area contributed by atoms with Crippen molar-refractivity contribution in [3.05, 3.63) is 42.1 Å². The fourth-order valence-corrected chi connectivity index (χ4v) is 4.68. The molecule has 0 spiro atoms. The summed E-state index contributed by atoms with van der Waals surface area (Å²) in [5.41, 5.74) is 2.42. The molecule has 0 bridgehead atoms. The molecule has 1 aromatic carbocycles. The Morgan fingerprint density at radius 2 is 2.00 bits per heavy atom. The lowest BCUT2D eigenvalue weighted by Crippen LogP contribution is -2.55. The lowest BCUT2D eigenvalue weighted by Gasteiger charge is -2.44. The molecule has 0 amide bonds. The standard InChI is InChI=1S/C21H29N3O/c25-13-9-20-16-23(11-12-24(20)19-5-1-2-6-19)15-17-7-8-21-18(14-17)4-3-10-22-21/h3-4,7-8,10,14,19-20,25H,1-2,5-6,9,11-13,15-16H2/t20-/m0/s1. The lowest BCUT2D eigenvalue weighted by molar-refractivity contribution is 0.0267. The zero-order valence-corrected chi connectivity index (χ0v) is 15.0. The first-order valence-electron chi connectivity index (χ1n) is 9.76. The molecule has 4 rings (SSSR count). The molecular weight excluding hydrogens is 310 g/mol. The number of pyridine rings is 1. The molecule has 1 aliphatic carbocycles. The van der Waals surface area contributed by atoms with Gasteiger partial charge in [-0.2, -0.15) is 0 Å². The molecule has 1 saturated heterocycles. The monoisotopic (exact) mass is 339 g/mol. The molecule has 134 valence electrons. The van der Waals surface area contributed by atoms with Crippen LogP contribution in [-0.4, -0.2) is 58.2 Å². The molecule has 1 aliphatic heterocycles. The van der Waals surface area contributed by atoms with Gasteiger partial charge in [-0.25, -0.2) is 0 Å². The van der Waals surface area contributed by atoms with E-state index in [-0.39, 0.29) is 0 Å². The van der Waals surface area contributed by atoms with Crippen LogP contribution in [-0.2, 0) is 6.54 Å². The van der Waals surface area contributed by atoms with Crippen molar-refractivity contribution in [1.29, 1.82) is 0 Å². The van der Waals surface area contributed by atoms with E-state index in [0.717, 1.165) is 44.2 Å². The SMILES string of the molecule is OCC[C@H]1CN(Cc2ccc3ncccc3c2)CCN1C1CCCC1. The summed E-state index contributed by atoms with van der Waals surface area (Å²) in [5, 5.41) is 10.7. The Balaban J connectivity index is 1.43. The third-order valence-electron chi connectivity index (χ3n) is 5.94. The molecule has 2 fully saturated rings. The highest BCUT2D eigenvalue weighted by Crippen LogP contribution is 2.28. The summed E-state index contributed by atoms with van der Waals surface area (Å²) in [7, 11) is 0. The van der Waals surface area contributed by atoms with Gasteiger partial charge in [0.1, 0.15) is 0 Å². The molecule has 2 aliphatic rings. The molecular formula is C21H29N3O. The van der Waals surface area contributed by atoms with Crippen LogP contribution in [0.1, 0.15) is 37.7 Å². The van der Waals surface area contributed by atoms with Crippen LogP contribution in [0.3, 0.4) is 0 Å². The van der Waals surface area contributed by atoms with Gasteiger partial charge in [-0.05, 0) is 43.0 Å². The van der Waals surface area contributed by atoms with Crippen LogP contribution >= 0.6 is 0 Å². The van der Waals surface area contributed by atoms with E-state index in [2.05, 4.69) is 39.0 Å². The van der Waals surface area contributed by atoms with Crippen molar-refractivity contribution in [2.24, 2.45) is 0 Å². The Bertz CT molecular complexity index is 698. The minimum atomic E-state index is 0.295. The first kappa shape index (κ1) is 17.0. The van der Waals surface area contributed by atoms with E-state index in [1.54, 1.807) is 0 Å². The van der Waals surface area contributed by atoms with Crippen LogP contribution in [0.2, 0.25) is 0 Å². The zero-order valence-electron chi connectivity index (χ0n) is 15.0. The van der Waals surface area contributed by atoms with Crippen LogP contribution in [0.5, 0.6) is 0 Å². The van der Waals surface area contributed by atoms with Gasteiger partial charge in [0.25, 0.3) is 0 Å². The van der Waals surface area contributed by atoms with E-state index < -0.39 is 0 Å². The molecule has 1 atom stereocenters. The largest absolute Gasteiger partial charge is 0.396 e. The molecule has 1 saturated carbocycles. The Morgan fingerprint density at radius 3 is 2.84 bits per heavy atom. The number of hydrogen-bond acceptors (Lipinski definition) is 4. The maximum Gasteiger partial charge on any atom is 0.0702 e. The average molecular weight is 339 g/mol. The van der Waals surface area contributed by atoms with Crippen molar-refractivity contribution in [3.63, 3.8) is 0 Å². The maximum absolute atomic E-state index is 9.52. The second kappa shape index (κ2) is 7.81. The highest BCUT2D eigenvalue weighted by Gasteiger charge is 2.32. The molecule has 25 heavy (non-hydrogen) atoms. The number of rotatable bonds is 5. The first-order chi connectivity index (χ1) is 12.3. The van der Waals surface area contributed by atoms with Crippen molar-refractivity contribution in [3.8, 4) is 0 Å². The van der Waals surface area contributed by atoms with Crippen LogP contribution in [0.25, 0.3) is 10.9 Å². The minimum absolute atomic E-state index is 0.295. The molecule has 1 N–H and O–H groups in total. The second-order valence-electron chi connectivity index (χ2n) is 7.61. The maximum atomic E-state index is 9.52. The van der Waals surface area contributed by atoms with Crippen molar-refractivity contribution < 1.29 is 5.11 Å². The zero-order chi connectivity index (χ0) is 17.1. The van der Waals surface area contributed by atoms with Crippen molar-refractivity contribution >= 4 is 10.9 Å². The summed E-state index contributed by atoms with van der Waals surface area (Å²) in [6, 6.07) is 12.0. The van der Waals surface area contributed by atoms with E-state index >= 15 is 0 Å². The molecule has 2 aromatic rings. The number of hydrogen-bond donors (Lipinski definition) is 1. The molecule has 4 heteroatoms. The van der Waals surface area contributed by atoms with Gasteiger partial charge in [0.2, 0.25) is 0 Å². The Morgan fingerprint density at radius 1 is 1.12 bits per heavy atom. The first-order valence-corrected chi connectivity index (χ1v) is 9.76. The van der Waals surface area contributed by atoms with Crippen LogP contribution in [0.15, 0.2) is 36.5 Å². The normalized spacial score (nSPS) is 23.5. The van der Waals surface area contributed by atoms with Gasteiger partial charge in [-0.3, -0.25) is 14.8 Å². The summed E-state index contributed by atoms with van der Waals surface area (Å²) >= 11 is 0. The Kier molecular flexibility index (Phi) is 5.30. The summed E-state index contributed by atoms with van der Waals surface area (Å²) in [5.74, 6) is 0. The number of piperazine rings is 1. The third kappa shape index (κ3) is 3.86. The molecule has 0 unspecified atom stereocenters. The average Bonchev–Trinajstić information content (AvgIpc) is 3.17. The number of aromatic nitrogens is 1. The van der Waals surface area contributed by atoms with Crippen molar-refractivity contribution in [2.45, 2.75) is 50.7 Å². The molecule has 1 aromatic heterocycles. The van der Waals surface area contributed by atoms with Crippen molar-refractivity contribution in [2.75, 3.05) is 26.2 Å². The van der Waals surface area contributed by atoms with Crippen LogP contribution in [0, 0.1) is 0 Å². The molecule has 2 heterocycles. The van der Waals surface area contributed by atoms with Crippen LogP contribution in [0.4, 0.5) is 0 Å². The molecule has 4 nitrogen and oxygen atoms in total. The van der Waals surface area contributed by atoms with Gasteiger partial charge in [-0.1, -0.05) is 25.0 Å². The Labute approximate surface area is 150 Å². The number of aliphatic hydroxyl groups is 1. The summed E-state index contributed by atoms with van der Waals surface area (Å²) in [6.45, 7) is 4.63. The summed E-state index contributed by atoms with van der Waals surface area (Å²) in [4.78, 5) is 9.67. The van der Waals surface area contributed by atoms with Gasteiger partial charge in [0.15, 0.2) is 0 Å². The second-order valence-corrected chi connectivity index (χ2v) is 7.61. The predicted octanol–water partition coefficient (Wildman–Crippen LogP) is 3.05. The third-order valence-corrected chi connectivity index (χ3v) is 5.94. The van der Waals surface area contributed by atoms with Gasteiger partial charge in [0.05, 0.1) is 5.52 Å². The van der Waals surface area contributed by atoms with Gasteiger partial charge in [-0.15, -0.1) is 0 Å². The van der Waals surface area contributed by atoms with Gasteiger partial charge in [0, 0.05) is 56.5 Å². The van der Waals surface area contributed by atoms with E-state index in [9.17, 15) is 5.11 Å². The fraction of sp³-hybridized carbons (Fsp3) is 0.571. The predicted molar refractivity (Wildman–Crippen MR) is 101 cm³/mol. The minimum Gasteiger partial charge on any atom is -0.396 e. The highest BCUT2D eigenvalue weighted by molar-refractivity contribution is 5.78. The topological polar surface area (TPSA) is 39.6 Å². The number of benzene rings is 1. The van der Waals surface area contributed by atoms with E-state index in [1.165, 1.54) is 36.6 Å². The quantitative estimate of drug-likeness (QED) is 0.909. The highest BCUT2D eigenvalue weighted by atomic mass is 16.3. The number of nitrogens with zero attached hydrogens (tertiary/aromatic N) is 3. The van der Waals surface area contributed by atoms with Gasteiger partial charge >= 0.3 is 0 Å². The van der Waals surface area contributed by atoms with Crippen LogP contribution < -0.4 is 0 Å². The smallest absolute Gasteiger partial charge is 0.0702 e. The lowest BCUT2D eigenvalue weighted by atomic mass is 10.0. The summed E-state index contributed by atoms with van der Waals surface area (Å²) < 4.78 is 0. The molecule has 0 radical (unpaired) electrons.